The number of hydrogen-bond acceptors (Lipinski definition) is 2. The van der Waals surface area contributed by atoms with Crippen LogP contribution in [-0.4, -0.2) is 17.0 Å². The summed E-state index contributed by atoms with van der Waals surface area (Å²) < 4.78 is 13.1. The van der Waals surface area contributed by atoms with E-state index < -0.39 is 0 Å². The lowest BCUT2D eigenvalue weighted by atomic mass is 10.1. The molecule has 2 rings (SSSR count). The quantitative estimate of drug-likeness (QED) is 0.868. The van der Waals surface area contributed by atoms with Crippen LogP contribution in [0, 0.1) is 5.82 Å². The zero-order valence-corrected chi connectivity index (χ0v) is 10.6. The third-order valence-corrected chi connectivity index (χ3v) is 4.39. The molecule has 0 spiro atoms. The van der Waals surface area contributed by atoms with Crippen molar-refractivity contribution in [2.45, 2.75) is 37.6 Å². The Morgan fingerprint density at radius 1 is 1.50 bits per heavy atom. The zero-order valence-electron chi connectivity index (χ0n) is 9.74. The third kappa shape index (κ3) is 2.98. The highest BCUT2D eigenvalue weighted by Gasteiger charge is 2.23. The van der Waals surface area contributed by atoms with E-state index in [1.165, 1.54) is 18.2 Å². The molecule has 88 valence electrons. The molecule has 3 heteroatoms. The van der Waals surface area contributed by atoms with Crippen LogP contribution in [0.25, 0.3) is 0 Å². The van der Waals surface area contributed by atoms with Gasteiger partial charge in [0.05, 0.1) is 0 Å². The number of nitrogens with one attached hydrogen (secondary N) is 1. The molecule has 1 heterocycles. The molecule has 1 aromatic rings. The van der Waals surface area contributed by atoms with Gasteiger partial charge in [-0.3, -0.25) is 0 Å². The predicted octanol–water partition coefficient (Wildman–Crippen LogP) is 3.37. The molecule has 1 aromatic carbocycles. The van der Waals surface area contributed by atoms with E-state index in [0.717, 1.165) is 10.8 Å². The molecule has 0 radical (unpaired) electrons. The highest BCUT2D eigenvalue weighted by atomic mass is 32.2. The summed E-state index contributed by atoms with van der Waals surface area (Å²) in [6, 6.07) is 7.65. The van der Waals surface area contributed by atoms with Gasteiger partial charge in [-0.1, -0.05) is 19.1 Å². The Labute approximate surface area is 101 Å². The van der Waals surface area contributed by atoms with Crippen molar-refractivity contribution < 1.29 is 4.39 Å². The van der Waals surface area contributed by atoms with E-state index in [-0.39, 0.29) is 11.9 Å². The van der Waals surface area contributed by atoms with Crippen LogP contribution >= 0.6 is 11.8 Å². The van der Waals surface area contributed by atoms with Gasteiger partial charge in [0, 0.05) is 23.1 Å². The highest BCUT2D eigenvalue weighted by Crippen LogP contribution is 2.27. The van der Waals surface area contributed by atoms with Gasteiger partial charge >= 0.3 is 0 Å². The highest BCUT2D eigenvalue weighted by molar-refractivity contribution is 8.00. The normalized spacial score (nSPS) is 26.9. The molecule has 0 bridgehead atoms. The number of hydrogen-bond donors (Lipinski definition) is 1. The predicted molar refractivity (Wildman–Crippen MR) is 68.3 cm³/mol. The first kappa shape index (κ1) is 11.9. The van der Waals surface area contributed by atoms with Crippen molar-refractivity contribution >= 4 is 11.8 Å². The van der Waals surface area contributed by atoms with Crippen molar-refractivity contribution in [3.8, 4) is 0 Å². The van der Waals surface area contributed by atoms with Crippen molar-refractivity contribution in [1.29, 1.82) is 0 Å². The molecular weight excluding hydrogens is 221 g/mol. The maximum atomic E-state index is 13.1. The van der Waals surface area contributed by atoms with Crippen molar-refractivity contribution in [1.82, 2.24) is 5.32 Å². The van der Waals surface area contributed by atoms with Crippen LogP contribution in [0.3, 0.4) is 0 Å². The molecule has 3 atom stereocenters. The molecule has 0 aromatic heterocycles. The number of thioether (sulfide) groups is 1. The Hall–Kier alpha value is -0.540. The Morgan fingerprint density at radius 2 is 2.31 bits per heavy atom. The van der Waals surface area contributed by atoms with Crippen LogP contribution < -0.4 is 5.32 Å². The van der Waals surface area contributed by atoms with Gasteiger partial charge in [0.2, 0.25) is 0 Å². The minimum absolute atomic E-state index is 0.152. The molecular formula is C13H18FNS. The van der Waals surface area contributed by atoms with Gasteiger partial charge in [0.15, 0.2) is 0 Å². The summed E-state index contributed by atoms with van der Waals surface area (Å²) in [5, 5.41) is 4.31. The van der Waals surface area contributed by atoms with Gasteiger partial charge in [-0.2, -0.15) is 11.8 Å². The number of rotatable bonds is 3. The SMILES string of the molecule is CC1CC(NC(C)c2cccc(F)c2)CS1. The van der Waals surface area contributed by atoms with E-state index in [4.69, 9.17) is 0 Å². The van der Waals surface area contributed by atoms with Crippen LogP contribution in [0.2, 0.25) is 0 Å². The minimum Gasteiger partial charge on any atom is -0.307 e. The Balaban J connectivity index is 1.95. The summed E-state index contributed by atoms with van der Waals surface area (Å²) in [6.45, 7) is 4.36. The summed E-state index contributed by atoms with van der Waals surface area (Å²) in [4.78, 5) is 0. The maximum Gasteiger partial charge on any atom is 0.123 e. The fraction of sp³-hybridized carbons (Fsp3) is 0.538. The maximum absolute atomic E-state index is 13.1. The third-order valence-electron chi connectivity index (χ3n) is 3.03. The summed E-state index contributed by atoms with van der Waals surface area (Å²) in [6.07, 6.45) is 1.21. The Kier molecular flexibility index (Phi) is 3.87. The number of benzene rings is 1. The second-order valence-electron chi connectivity index (χ2n) is 4.52. The van der Waals surface area contributed by atoms with E-state index in [0.29, 0.717) is 6.04 Å². The van der Waals surface area contributed by atoms with Crippen molar-refractivity contribution in [2.24, 2.45) is 0 Å². The van der Waals surface area contributed by atoms with Crippen molar-refractivity contribution in [2.75, 3.05) is 5.75 Å². The molecule has 0 amide bonds. The lowest BCUT2D eigenvalue weighted by molar-refractivity contribution is 0.472. The topological polar surface area (TPSA) is 12.0 Å². The largest absolute Gasteiger partial charge is 0.307 e. The molecule has 1 saturated heterocycles. The lowest BCUT2D eigenvalue weighted by Crippen LogP contribution is -2.31. The first-order chi connectivity index (χ1) is 7.65. The standard InChI is InChI=1S/C13H18FNS/c1-9-6-13(8-16-9)15-10(2)11-4-3-5-12(14)7-11/h3-5,7,9-10,13,15H,6,8H2,1-2H3. The molecule has 3 unspecified atom stereocenters. The molecule has 1 aliphatic heterocycles. The first-order valence-corrected chi connectivity index (χ1v) is 6.83. The molecule has 1 fully saturated rings. The van der Waals surface area contributed by atoms with Gasteiger partial charge in [-0.25, -0.2) is 4.39 Å². The van der Waals surface area contributed by atoms with Gasteiger partial charge in [0.25, 0.3) is 0 Å². The van der Waals surface area contributed by atoms with Crippen LogP contribution in [0.15, 0.2) is 24.3 Å². The fourth-order valence-corrected chi connectivity index (χ4v) is 3.32. The lowest BCUT2D eigenvalue weighted by Gasteiger charge is -2.19. The second-order valence-corrected chi connectivity index (χ2v) is 5.99. The van der Waals surface area contributed by atoms with Crippen LogP contribution in [0.4, 0.5) is 4.39 Å². The second kappa shape index (κ2) is 5.19. The number of halogens is 1. The zero-order chi connectivity index (χ0) is 11.5. The monoisotopic (exact) mass is 239 g/mol. The average Bonchev–Trinajstić information content (AvgIpc) is 2.64. The van der Waals surface area contributed by atoms with Crippen molar-refractivity contribution in [3.63, 3.8) is 0 Å². The van der Waals surface area contributed by atoms with Crippen LogP contribution in [0.1, 0.15) is 31.9 Å². The van der Waals surface area contributed by atoms with Crippen molar-refractivity contribution in [3.05, 3.63) is 35.6 Å². The summed E-state index contributed by atoms with van der Waals surface area (Å²) in [5.74, 6) is 1.01. The molecule has 1 N–H and O–H groups in total. The minimum atomic E-state index is -0.152. The summed E-state index contributed by atoms with van der Waals surface area (Å²) >= 11 is 2.01. The summed E-state index contributed by atoms with van der Waals surface area (Å²) in [7, 11) is 0. The average molecular weight is 239 g/mol. The van der Waals surface area contributed by atoms with Gasteiger partial charge in [-0.05, 0) is 31.0 Å². The smallest absolute Gasteiger partial charge is 0.123 e. The van der Waals surface area contributed by atoms with E-state index in [9.17, 15) is 4.39 Å². The van der Waals surface area contributed by atoms with E-state index >= 15 is 0 Å². The molecule has 16 heavy (non-hydrogen) atoms. The van der Waals surface area contributed by atoms with Gasteiger partial charge in [-0.15, -0.1) is 0 Å². The molecule has 0 saturated carbocycles. The molecule has 1 nitrogen and oxygen atoms in total. The first-order valence-electron chi connectivity index (χ1n) is 5.78. The Bertz CT molecular complexity index is 356. The fourth-order valence-electron chi connectivity index (χ4n) is 2.16. The van der Waals surface area contributed by atoms with Gasteiger partial charge in [0.1, 0.15) is 5.82 Å². The van der Waals surface area contributed by atoms with E-state index in [1.54, 1.807) is 12.1 Å². The summed E-state index contributed by atoms with van der Waals surface area (Å²) in [5.41, 5.74) is 1.03. The molecule has 1 aliphatic rings. The van der Waals surface area contributed by atoms with E-state index in [1.807, 2.05) is 17.8 Å². The van der Waals surface area contributed by atoms with Crippen LogP contribution in [0.5, 0.6) is 0 Å². The molecule has 0 aliphatic carbocycles. The van der Waals surface area contributed by atoms with E-state index in [2.05, 4.69) is 19.2 Å². The van der Waals surface area contributed by atoms with Crippen LogP contribution in [-0.2, 0) is 0 Å². The Morgan fingerprint density at radius 3 is 2.94 bits per heavy atom. The van der Waals surface area contributed by atoms with Gasteiger partial charge < -0.3 is 5.32 Å².